The Kier molecular flexibility index (Phi) is 2.88. The van der Waals surface area contributed by atoms with Crippen LogP contribution in [0.15, 0.2) is 42.5 Å². The van der Waals surface area contributed by atoms with Crippen LogP contribution in [0.5, 0.6) is 0 Å². The Morgan fingerprint density at radius 3 is 2.85 bits per heavy atom. The molecule has 0 aliphatic heterocycles. The number of aromatic nitrogens is 2. The number of nitrogen functional groups attached to an aromatic ring is 1. The molecule has 2 aromatic carbocycles. The predicted molar refractivity (Wildman–Crippen MR) is 79.6 cm³/mol. The molecule has 0 aliphatic rings. The summed E-state index contributed by atoms with van der Waals surface area (Å²) in [7, 11) is 0. The van der Waals surface area contributed by atoms with E-state index in [0.29, 0.717) is 11.5 Å². The molecule has 0 fully saturated rings. The first-order chi connectivity index (χ1) is 9.72. The average molecular weight is 262 g/mol. The minimum atomic E-state index is 0.434. The highest BCUT2D eigenvalue weighted by atomic mass is 15.2. The highest BCUT2D eigenvalue weighted by molar-refractivity contribution is 5.82. The molecule has 0 amide bonds. The number of hydrogen-bond donors (Lipinski definition) is 1. The third-order valence-electron chi connectivity index (χ3n) is 3.39. The molecule has 0 unspecified atom stereocenters. The van der Waals surface area contributed by atoms with Gasteiger partial charge in [0.1, 0.15) is 0 Å². The second-order valence-corrected chi connectivity index (χ2v) is 4.64. The van der Waals surface area contributed by atoms with Crippen molar-refractivity contribution in [2.75, 3.05) is 5.73 Å². The van der Waals surface area contributed by atoms with E-state index >= 15 is 0 Å². The fourth-order valence-electron chi connectivity index (χ4n) is 2.35. The lowest BCUT2D eigenvalue weighted by molar-refractivity contribution is 1.08. The molecule has 4 heteroatoms. The summed E-state index contributed by atoms with van der Waals surface area (Å²) in [6, 6.07) is 15.7. The fraction of sp³-hybridized carbons (Fsp3) is 0.125. The number of rotatable bonds is 2. The third kappa shape index (κ3) is 1.90. The van der Waals surface area contributed by atoms with Crippen molar-refractivity contribution in [1.82, 2.24) is 9.55 Å². The fourth-order valence-corrected chi connectivity index (χ4v) is 2.35. The van der Waals surface area contributed by atoms with Gasteiger partial charge in [0.25, 0.3) is 0 Å². The maximum Gasteiger partial charge on any atom is 0.205 e. The van der Waals surface area contributed by atoms with Gasteiger partial charge in [-0.05, 0) is 42.3 Å². The molecular weight excluding hydrogens is 248 g/mol. The van der Waals surface area contributed by atoms with E-state index in [2.05, 4.69) is 30.1 Å². The largest absolute Gasteiger partial charge is 0.369 e. The Morgan fingerprint density at radius 2 is 2.10 bits per heavy atom. The Labute approximate surface area is 117 Å². The molecule has 0 saturated heterocycles. The summed E-state index contributed by atoms with van der Waals surface area (Å²) in [5.74, 6) is 0.434. The van der Waals surface area contributed by atoms with Crippen molar-refractivity contribution in [3.05, 3.63) is 53.6 Å². The van der Waals surface area contributed by atoms with Crippen LogP contribution in [0.2, 0.25) is 0 Å². The van der Waals surface area contributed by atoms with Crippen LogP contribution in [0.1, 0.15) is 18.1 Å². The zero-order valence-electron chi connectivity index (χ0n) is 11.2. The van der Waals surface area contributed by atoms with Crippen molar-refractivity contribution in [2.45, 2.75) is 13.3 Å². The van der Waals surface area contributed by atoms with Crippen LogP contribution in [0.25, 0.3) is 16.7 Å². The summed E-state index contributed by atoms with van der Waals surface area (Å²) in [4.78, 5) is 4.35. The van der Waals surface area contributed by atoms with Gasteiger partial charge in [-0.25, -0.2) is 4.98 Å². The summed E-state index contributed by atoms with van der Waals surface area (Å²) in [5.41, 5.74) is 10.5. The maximum atomic E-state index is 9.04. The summed E-state index contributed by atoms with van der Waals surface area (Å²) in [6.45, 7) is 2.11. The van der Waals surface area contributed by atoms with Crippen molar-refractivity contribution in [3.8, 4) is 11.8 Å². The van der Waals surface area contributed by atoms with Crippen LogP contribution in [0.3, 0.4) is 0 Å². The first-order valence-corrected chi connectivity index (χ1v) is 6.50. The normalized spacial score (nSPS) is 10.6. The van der Waals surface area contributed by atoms with Crippen LogP contribution in [0.4, 0.5) is 5.95 Å². The van der Waals surface area contributed by atoms with E-state index in [0.717, 1.165) is 23.1 Å². The summed E-state index contributed by atoms with van der Waals surface area (Å²) < 4.78 is 1.88. The zero-order valence-corrected chi connectivity index (χ0v) is 11.2. The zero-order chi connectivity index (χ0) is 14.1. The van der Waals surface area contributed by atoms with Gasteiger partial charge in [-0.2, -0.15) is 5.26 Å². The van der Waals surface area contributed by atoms with Gasteiger partial charge in [0.2, 0.25) is 5.95 Å². The number of benzene rings is 2. The molecule has 0 atom stereocenters. The number of nitrogens with two attached hydrogens (primary N) is 1. The maximum absolute atomic E-state index is 9.04. The van der Waals surface area contributed by atoms with Crippen molar-refractivity contribution in [2.24, 2.45) is 0 Å². The molecule has 0 saturated carbocycles. The number of nitriles is 1. The Morgan fingerprint density at radius 1 is 1.25 bits per heavy atom. The molecule has 0 aliphatic carbocycles. The molecule has 3 rings (SSSR count). The summed E-state index contributed by atoms with van der Waals surface area (Å²) >= 11 is 0. The van der Waals surface area contributed by atoms with E-state index in [9.17, 15) is 0 Å². The highest BCUT2D eigenvalue weighted by Gasteiger charge is 2.10. The SMILES string of the molecule is CCc1cccc(-n2c(N)nc3ccc(C#N)cc32)c1. The number of fused-ring (bicyclic) bond motifs is 1. The molecular formula is C16H14N4. The van der Waals surface area contributed by atoms with Gasteiger partial charge in [-0.1, -0.05) is 19.1 Å². The van der Waals surface area contributed by atoms with Crippen molar-refractivity contribution < 1.29 is 0 Å². The molecule has 0 radical (unpaired) electrons. The van der Waals surface area contributed by atoms with E-state index in [-0.39, 0.29) is 0 Å². The lowest BCUT2D eigenvalue weighted by Crippen LogP contribution is -2.01. The van der Waals surface area contributed by atoms with Gasteiger partial charge < -0.3 is 5.73 Å². The van der Waals surface area contributed by atoms with E-state index in [4.69, 9.17) is 11.0 Å². The lowest BCUT2D eigenvalue weighted by atomic mass is 10.1. The topological polar surface area (TPSA) is 67.6 Å². The smallest absolute Gasteiger partial charge is 0.205 e. The molecule has 3 aromatic rings. The van der Waals surface area contributed by atoms with Gasteiger partial charge in [0, 0.05) is 5.69 Å². The minimum Gasteiger partial charge on any atom is -0.369 e. The standard InChI is InChI=1S/C16H14N4/c1-2-11-4-3-5-13(8-11)20-15-9-12(10-17)6-7-14(15)19-16(20)18/h3-9H,2H2,1H3,(H2,18,19). The number of hydrogen-bond acceptors (Lipinski definition) is 3. The monoisotopic (exact) mass is 262 g/mol. The van der Waals surface area contributed by atoms with E-state index in [1.165, 1.54) is 5.56 Å². The summed E-state index contributed by atoms with van der Waals surface area (Å²) in [5, 5.41) is 9.04. The number of aryl methyl sites for hydroxylation is 1. The third-order valence-corrected chi connectivity index (χ3v) is 3.39. The van der Waals surface area contributed by atoms with Crippen molar-refractivity contribution in [3.63, 3.8) is 0 Å². The van der Waals surface area contributed by atoms with Crippen LogP contribution in [0, 0.1) is 11.3 Å². The van der Waals surface area contributed by atoms with Crippen molar-refractivity contribution in [1.29, 1.82) is 5.26 Å². The molecule has 4 nitrogen and oxygen atoms in total. The Hall–Kier alpha value is -2.80. The van der Waals surface area contributed by atoms with E-state index in [1.807, 2.05) is 28.8 Å². The summed E-state index contributed by atoms with van der Waals surface area (Å²) in [6.07, 6.45) is 0.962. The Bertz CT molecular complexity index is 824. The molecule has 0 spiro atoms. The van der Waals surface area contributed by atoms with Gasteiger partial charge in [-0.15, -0.1) is 0 Å². The quantitative estimate of drug-likeness (QED) is 0.771. The number of imidazole rings is 1. The Balaban J connectivity index is 2.29. The van der Waals surface area contributed by atoms with Gasteiger partial charge in [0.05, 0.1) is 22.7 Å². The van der Waals surface area contributed by atoms with Crippen LogP contribution < -0.4 is 5.73 Å². The number of nitrogens with zero attached hydrogens (tertiary/aromatic N) is 3. The first kappa shape index (κ1) is 12.2. The molecule has 2 N–H and O–H groups in total. The number of anilines is 1. The highest BCUT2D eigenvalue weighted by Crippen LogP contribution is 2.24. The second-order valence-electron chi connectivity index (χ2n) is 4.64. The molecule has 98 valence electrons. The predicted octanol–water partition coefficient (Wildman–Crippen LogP) is 3.04. The molecule has 0 bridgehead atoms. The van der Waals surface area contributed by atoms with Gasteiger partial charge in [-0.3, -0.25) is 4.57 Å². The van der Waals surface area contributed by atoms with Crippen molar-refractivity contribution >= 4 is 17.0 Å². The average Bonchev–Trinajstić information content (AvgIpc) is 2.82. The molecule has 20 heavy (non-hydrogen) atoms. The molecule has 1 heterocycles. The first-order valence-electron chi connectivity index (χ1n) is 6.50. The van der Waals surface area contributed by atoms with E-state index in [1.54, 1.807) is 6.07 Å². The van der Waals surface area contributed by atoms with Crippen LogP contribution in [-0.4, -0.2) is 9.55 Å². The van der Waals surface area contributed by atoms with Crippen LogP contribution in [-0.2, 0) is 6.42 Å². The van der Waals surface area contributed by atoms with Gasteiger partial charge in [0.15, 0.2) is 0 Å². The second kappa shape index (κ2) is 4.71. The van der Waals surface area contributed by atoms with Crippen LogP contribution >= 0.6 is 0 Å². The minimum absolute atomic E-state index is 0.434. The lowest BCUT2D eigenvalue weighted by Gasteiger charge is -2.08. The van der Waals surface area contributed by atoms with Gasteiger partial charge >= 0.3 is 0 Å². The molecule has 1 aromatic heterocycles. The van der Waals surface area contributed by atoms with E-state index < -0.39 is 0 Å².